The molecule has 6 heteroatoms. The smallest absolute Gasteiger partial charge is 0.240 e. The molecule has 0 spiro atoms. The van der Waals surface area contributed by atoms with Crippen LogP contribution in [0.2, 0.25) is 0 Å². The predicted octanol–water partition coefficient (Wildman–Crippen LogP) is 1.81. The van der Waals surface area contributed by atoms with Crippen molar-refractivity contribution in [2.45, 2.75) is 31.3 Å². The summed E-state index contributed by atoms with van der Waals surface area (Å²) in [5, 5.41) is 9.06. The zero-order chi connectivity index (χ0) is 13.1. The Morgan fingerprint density at radius 2 is 2.12 bits per heavy atom. The molecular weight excluding hydrogens is 306 g/mol. The molecule has 0 aliphatic rings. The number of benzene rings is 1. The van der Waals surface area contributed by atoms with E-state index in [9.17, 15) is 8.42 Å². The van der Waals surface area contributed by atoms with Gasteiger partial charge in [-0.25, -0.2) is 13.1 Å². The van der Waals surface area contributed by atoms with Crippen LogP contribution in [0.25, 0.3) is 0 Å². The minimum Gasteiger partial charge on any atom is -0.393 e. The second kappa shape index (κ2) is 5.95. The number of aryl methyl sites for hydroxylation is 1. The van der Waals surface area contributed by atoms with Crippen LogP contribution in [0.15, 0.2) is 27.6 Å². The van der Waals surface area contributed by atoms with Crippen LogP contribution in [0.4, 0.5) is 0 Å². The molecule has 17 heavy (non-hydrogen) atoms. The molecule has 1 aromatic carbocycles. The van der Waals surface area contributed by atoms with Crippen LogP contribution in [0.1, 0.15) is 18.9 Å². The molecular formula is C11H16BrNO3S. The van der Waals surface area contributed by atoms with Crippen LogP contribution in [0.3, 0.4) is 0 Å². The van der Waals surface area contributed by atoms with E-state index in [2.05, 4.69) is 20.7 Å². The van der Waals surface area contributed by atoms with Crippen LogP contribution < -0.4 is 4.72 Å². The molecule has 0 saturated carbocycles. The van der Waals surface area contributed by atoms with Gasteiger partial charge in [0.15, 0.2) is 0 Å². The van der Waals surface area contributed by atoms with Gasteiger partial charge in [0.25, 0.3) is 0 Å². The molecule has 1 rings (SSSR count). The third-order valence-corrected chi connectivity index (χ3v) is 4.64. The van der Waals surface area contributed by atoms with Gasteiger partial charge in [-0.3, -0.25) is 0 Å². The van der Waals surface area contributed by atoms with Crippen molar-refractivity contribution in [3.05, 3.63) is 28.2 Å². The predicted molar refractivity (Wildman–Crippen MR) is 70.4 cm³/mol. The number of aliphatic hydroxyl groups excluding tert-OH is 1. The molecule has 96 valence electrons. The Morgan fingerprint density at radius 1 is 1.47 bits per heavy atom. The summed E-state index contributed by atoms with van der Waals surface area (Å²) in [4.78, 5) is 0.240. The Hall–Kier alpha value is -0.430. The monoisotopic (exact) mass is 321 g/mol. The topological polar surface area (TPSA) is 66.4 Å². The Kier molecular flexibility index (Phi) is 5.12. The summed E-state index contributed by atoms with van der Waals surface area (Å²) in [6, 6.07) is 4.86. The Balaban J connectivity index is 2.79. The van der Waals surface area contributed by atoms with E-state index in [1.165, 1.54) is 0 Å². The second-order valence-corrected chi connectivity index (χ2v) is 6.57. The first kappa shape index (κ1) is 14.6. The molecule has 0 heterocycles. The Morgan fingerprint density at radius 3 is 2.65 bits per heavy atom. The summed E-state index contributed by atoms with van der Waals surface area (Å²) in [5.41, 5.74) is 0.864. The van der Waals surface area contributed by atoms with E-state index in [0.29, 0.717) is 6.42 Å². The molecule has 0 bridgehead atoms. The van der Waals surface area contributed by atoms with Gasteiger partial charge in [0.05, 0.1) is 11.0 Å². The van der Waals surface area contributed by atoms with E-state index in [-0.39, 0.29) is 11.4 Å². The minimum absolute atomic E-state index is 0.231. The number of nitrogens with one attached hydrogen (secondary N) is 1. The van der Waals surface area contributed by atoms with Crippen LogP contribution in [-0.4, -0.2) is 26.2 Å². The normalized spacial score (nSPS) is 13.6. The zero-order valence-corrected chi connectivity index (χ0v) is 12.2. The van der Waals surface area contributed by atoms with Crippen LogP contribution >= 0.6 is 15.9 Å². The SMILES string of the molecule is Cc1cc(S(=O)(=O)NCCC(C)O)ccc1Br. The minimum atomic E-state index is -3.48. The second-order valence-electron chi connectivity index (χ2n) is 3.95. The fourth-order valence-electron chi connectivity index (χ4n) is 1.27. The van der Waals surface area contributed by atoms with Crippen LogP contribution in [-0.2, 0) is 10.0 Å². The maximum Gasteiger partial charge on any atom is 0.240 e. The van der Waals surface area contributed by atoms with Crippen LogP contribution in [0, 0.1) is 6.92 Å². The number of hydrogen-bond acceptors (Lipinski definition) is 3. The van der Waals surface area contributed by atoms with Gasteiger partial charge in [-0.1, -0.05) is 15.9 Å². The van der Waals surface area contributed by atoms with Gasteiger partial charge in [-0.2, -0.15) is 0 Å². The lowest BCUT2D eigenvalue weighted by Crippen LogP contribution is -2.26. The van der Waals surface area contributed by atoms with Crippen molar-refractivity contribution in [3.63, 3.8) is 0 Å². The van der Waals surface area contributed by atoms with Gasteiger partial charge in [0.2, 0.25) is 10.0 Å². The first-order valence-corrected chi connectivity index (χ1v) is 7.54. The third kappa shape index (κ3) is 4.39. The van der Waals surface area contributed by atoms with Crippen molar-refractivity contribution in [3.8, 4) is 0 Å². The molecule has 0 radical (unpaired) electrons. The average molecular weight is 322 g/mol. The first-order chi connectivity index (χ1) is 7.83. The number of hydrogen-bond donors (Lipinski definition) is 2. The average Bonchev–Trinajstić information content (AvgIpc) is 2.21. The van der Waals surface area contributed by atoms with Gasteiger partial charge in [-0.05, 0) is 44.0 Å². The quantitative estimate of drug-likeness (QED) is 0.869. The van der Waals surface area contributed by atoms with Crippen molar-refractivity contribution in [2.24, 2.45) is 0 Å². The van der Waals surface area contributed by atoms with E-state index >= 15 is 0 Å². The van der Waals surface area contributed by atoms with Crippen molar-refractivity contribution >= 4 is 26.0 Å². The first-order valence-electron chi connectivity index (χ1n) is 5.27. The summed E-state index contributed by atoms with van der Waals surface area (Å²) in [5.74, 6) is 0. The molecule has 1 atom stereocenters. The summed E-state index contributed by atoms with van der Waals surface area (Å²) in [7, 11) is -3.48. The van der Waals surface area contributed by atoms with Gasteiger partial charge in [0.1, 0.15) is 0 Å². The van der Waals surface area contributed by atoms with Crippen LogP contribution in [0.5, 0.6) is 0 Å². The molecule has 1 unspecified atom stereocenters. The van der Waals surface area contributed by atoms with Crippen molar-refractivity contribution in [2.75, 3.05) is 6.54 Å². The molecule has 0 saturated heterocycles. The molecule has 2 N–H and O–H groups in total. The summed E-state index contributed by atoms with van der Waals surface area (Å²) in [6.45, 7) is 3.69. The van der Waals surface area contributed by atoms with Gasteiger partial charge in [-0.15, -0.1) is 0 Å². The summed E-state index contributed by atoms with van der Waals surface area (Å²) in [6.07, 6.45) is -0.112. The highest BCUT2D eigenvalue weighted by Gasteiger charge is 2.14. The summed E-state index contributed by atoms with van der Waals surface area (Å²) >= 11 is 3.32. The van der Waals surface area contributed by atoms with Crippen molar-refractivity contribution < 1.29 is 13.5 Å². The molecule has 0 fully saturated rings. The lowest BCUT2D eigenvalue weighted by atomic mass is 10.2. The van der Waals surface area contributed by atoms with Gasteiger partial charge >= 0.3 is 0 Å². The lowest BCUT2D eigenvalue weighted by molar-refractivity contribution is 0.186. The standard InChI is InChI=1S/C11H16BrNO3S/c1-8-7-10(3-4-11(8)12)17(15,16)13-6-5-9(2)14/h3-4,7,9,13-14H,5-6H2,1-2H3. The highest BCUT2D eigenvalue weighted by molar-refractivity contribution is 9.10. The molecule has 0 amide bonds. The molecule has 1 aromatic rings. The van der Waals surface area contributed by atoms with Crippen molar-refractivity contribution in [1.29, 1.82) is 0 Å². The highest BCUT2D eigenvalue weighted by Crippen LogP contribution is 2.19. The number of aliphatic hydroxyl groups is 1. The number of halogens is 1. The molecule has 4 nitrogen and oxygen atoms in total. The number of rotatable bonds is 5. The maximum absolute atomic E-state index is 11.9. The van der Waals surface area contributed by atoms with Gasteiger partial charge < -0.3 is 5.11 Å². The zero-order valence-electron chi connectivity index (χ0n) is 9.77. The maximum atomic E-state index is 11.9. The largest absolute Gasteiger partial charge is 0.393 e. The van der Waals surface area contributed by atoms with E-state index in [1.54, 1.807) is 25.1 Å². The molecule has 0 aliphatic heterocycles. The molecule has 0 aromatic heterocycles. The Bertz CT molecular complexity index is 485. The molecule has 0 aliphatic carbocycles. The lowest BCUT2D eigenvalue weighted by Gasteiger charge is -2.09. The van der Waals surface area contributed by atoms with E-state index < -0.39 is 16.1 Å². The van der Waals surface area contributed by atoms with E-state index in [1.807, 2.05) is 6.92 Å². The fourth-order valence-corrected chi connectivity index (χ4v) is 2.65. The van der Waals surface area contributed by atoms with Crippen molar-refractivity contribution in [1.82, 2.24) is 4.72 Å². The summed E-state index contributed by atoms with van der Waals surface area (Å²) < 4.78 is 27.1. The van der Waals surface area contributed by atoms with Gasteiger partial charge in [0, 0.05) is 11.0 Å². The Labute approximate surface area is 110 Å². The third-order valence-electron chi connectivity index (χ3n) is 2.29. The van der Waals surface area contributed by atoms with E-state index in [4.69, 9.17) is 5.11 Å². The fraction of sp³-hybridized carbons (Fsp3) is 0.455. The van der Waals surface area contributed by atoms with E-state index in [0.717, 1.165) is 10.0 Å². The number of sulfonamides is 1. The highest BCUT2D eigenvalue weighted by atomic mass is 79.9.